The number of hydrogen-bond donors (Lipinski definition) is 1. The summed E-state index contributed by atoms with van der Waals surface area (Å²) in [6.45, 7) is 2.46. The molecule has 0 unspecified atom stereocenters. The largest absolute Gasteiger partial charge is 2.00 e. The van der Waals surface area contributed by atoms with Gasteiger partial charge in [0.2, 0.25) is 0 Å². The van der Waals surface area contributed by atoms with Crippen molar-refractivity contribution in [3.63, 3.8) is 0 Å². The zero-order valence-corrected chi connectivity index (χ0v) is 30.0. The minimum Gasteiger partial charge on any atom is -0.706 e. The third kappa shape index (κ3) is 7.85. The van der Waals surface area contributed by atoms with Crippen LogP contribution in [0.1, 0.15) is 96.8 Å². The Kier molecular flexibility index (Phi) is 11.1. The van der Waals surface area contributed by atoms with Gasteiger partial charge in [0.1, 0.15) is 0 Å². The van der Waals surface area contributed by atoms with E-state index >= 15 is 0 Å². The number of hydrogen-bond acceptors (Lipinski definition) is 2. The summed E-state index contributed by atoms with van der Waals surface area (Å²) < 4.78 is 25.9. The molecule has 44 heavy (non-hydrogen) atoms. The summed E-state index contributed by atoms with van der Waals surface area (Å²) in [5.74, 6) is 7.01. The van der Waals surface area contributed by atoms with Crippen LogP contribution in [-0.2, 0) is 30.5 Å². The van der Waals surface area contributed by atoms with E-state index in [1.54, 1.807) is 95.7 Å². The Morgan fingerprint density at radius 3 is 1.57 bits per heavy atom. The van der Waals surface area contributed by atoms with Gasteiger partial charge in [0, 0.05) is 7.92 Å². The van der Waals surface area contributed by atoms with Gasteiger partial charge < -0.3 is 5.73 Å². The summed E-state index contributed by atoms with van der Waals surface area (Å²) >= 11 is 0. The van der Waals surface area contributed by atoms with Gasteiger partial charge in [0.05, 0.1) is 22.7 Å². The van der Waals surface area contributed by atoms with E-state index in [1.807, 2.05) is 42.5 Å². The van der Waals surface area contributed by atoms with Crippen molar-refractivity contribution in [3.05, 3.63) is 60.3 Å². The van der Waals surface area contributed by atoms with Gasteiger partial charge >= 0.3 is 20.4 Å². The minimum absolute atomic E-state index is 0. The summed E-state index contributed by atoms with van der Waals surface area (Å²) in [5.41, 5.74) is 10.1. The fourth-order valence-corrected chi connectivity index (χ4v) is 17.8. The fraction of sp³-hybridized carbons (Fsp3) is 0.676. The van der Waals surface area contributed by atoms with Gasteiger partial charge in [0.25, 0.3) is 10.1 Å². The molecule has 2 N–H and O–H groups in total. The Balaban J connectivity index is 0.000000171. The second kappa shape index (κ2) is 14.2. The SMILES string of the molecule is CCCC[PH+](C12CC3CC(CC(C3)C1)C2)C12CC3CC(CC(C3)C1)C2.CS(=O)(=O)O.[NH-]c1ccccc1-c1[c-]cccc1.[Pd+2]. The maximum absolute atomic E-state index is 9.19. The predicted molar refractivity (Wildman–Crippen MR) is 182 cm³/mol. The van der Waals surface area contributed by atoms with Gasteiger partial charge in [-0.2, -0.15) is 14.1 Å². The Morgan fingerprint density at radius 2 is 1.20 bits per heavy atom. The molecule has 0 atom stereocenters. The van der Waals surface area contributed by atoms with Crippen LogP contribution in [0.4, 0.5) is 5.69 Å². The Bertz CT molecular complexity index is 1230. The van der Waals surface area contributed by atoms with Crippen molar-refractivity contribution in [2.75, 3.05) is 12.4 Å². The van der Waals surface area contributed by atoms with E-state index in [9.17, 15) is 8.42 Å². The summed E-state index contributed by atoms with van der Waals surface area (Å²) in [7, 11) is -3.86. The van der Waals surface area contributed by atoms with E-state index in [-0.39, 0.29) is 28.3 Å². The first-order chi connectivity index (χ1) is 20.5. The van der Waals surface area contributed by atoms with E-state index < -0.39 is 10.1 Å². The minimum atomic E-state index is -3.67. The van der Waals surface area contributed by atoms with E-state index in [0.29, 0.717) is 11.9 Å². The average molecular weight is 729 g/mol. The van der Waals surface area contributed by atoms with Crippen molar-refractivity contribution >= 4 is 23.7 Å². The fourth-order valence-electron chi connectivity index (χ4n) is 11.7. The number of nitrogens with one attached hydrogen (secondary N) is 1. The molecule has 0 aliphatic heterocycles. The molecule has 0 spiro atoms. The molecule has 2 aromatic carbocycles. The summed E-state index contributed by atoms with van der Waals surface area (Å²) in [6.07, 6.45) is 25.5. The van der Waals surface area contributed by atoms with E-state index in [4.69, 9.17) is 10.3 Å². The van der Waals surface area contributed by atoms with Gasteiger partial charge in [-0.05, 0) is 119 Å². The second-order valence-corrected chi connectivity index (χ2v) is 20.6. The summed E-state index contributed by atoms with van der Waals surface area (Å²) in [5, 5.41) is 1.83. The first kappa shape index (κ1) is 34.6. The molecule has 10 rings (SSSR count). The summed E-state index contributed by atoms with van der Waals surface area (Å²) in [4.78, 5) is 0. The Labute approximate surface area is 282 Å². The van der Waals surface area contributed by atoms with Crippen LogP contribution in [0.3, 0.4) is 0 Å². The third-order valence-corrected chi connectivity index (χ3v) is 16.7. The zero-order chi connectivity index (χ0) is 30.2. The first-order valence-electron chi connectivity index (χ1n) is 17.1. The van der Waals surface area contributed by atoms with E-state index in [2.05, 4.69) is 13.0 Å². The van der Waals surface area contributed by atoms with E-state index in [1.165, 1.54) is 41.9 Å². The van der Waals surface area contributed by atoms with Gasteiger partial charge in [-0.1, -0.05) is 37.6 Å². The molecule has 8 aliphatic rings. The topological polar surface area (TPSA) is 78.2 Å². The molecular weight excluding hydrogens is 676 g/mol. The van der Waals surface area contributed by atoms with Crippen LogP contribution in [-0.4, -0.2) is 35.7 Å². The molecule has 0 radical (unpaired) electrons. The molecule has 244 valence electrons. The Morgan fingerprint density at radius 1 is 0.795 bits per heavy atom. The van der Waals surface area contributed by atoms with Gasteiger partial charge in [-0.25, -0.2) is 0 Å². The van der Waals surface area contributed by atoms with Gasteiger partial charge in [0.15, 0.2) is 0 Å². The molecule has 8 saturated carbocycles. The Hall–Kier alpha value is -0.758. The van der Waals surface area contributed by atoms with Gasteiger partial charge in [-0.3, -0.25) is 4.55 Å². The van der Waals surface area contributed by atoms with Crippen LogP contribution in [0.2, 0.25) is 0 Å². The quantitative estimate of drug-likeness (QED) is 0.139. The monoisotopic (exact) mass is 728 g/mol. The van der Waals surface area contributed by atoms with Crippen molar-refractivity contribution < 1.29 is 33.4 Å². The maximum atomic E-state index is 9.19. The average Bonchev–Trinajstić information content (AvgIpc) is 2.92. The first-order valence-corrected chi connectivity index (χ1v) is 20.7. The number of benzene rings is 2. The van der Waals surface area contributed by atoms with Crippen molar-refractivity contribution in [3.8, 4) is 11.1 Å². The standard InChI is InChI=1S/C24H39P.C12H9N.CH4O3S.Pd/c1-2-3-4-25(23-11-17-5-18(12-23)7-19(6-17)13-23)24-14-20-8-21(15-24)10-22(9-20)16-24;13-12-9-5-4-8-11(12)10-6-2-1-3-7-10;1-5(2,3)4;/h17-22H,2-16H2,1H3;1-6,8-9,13H;1H3,(H,2,3,4);/q;-2;;+2/p+1. The molecule has 4 nitrogen and oxygen atoms in total. The maximum Gasteiger partial charge on any atom is 2.00 e. The van der Waals surface area contributed by atoms with Gasteiger partial charge in [-0.15, -0.1) is 41.5 Å². The molecule has 8 fully saturated rings. The van der Waals surface area contributed by atoms with Crippen molar-refractivity contribution in [1.82, 2.24) is 0 Å². The summed E-state index contributed by atoms with van der Waals surface area (Å²) in [6, 6.07) is 18.4. The normalized spacial score (nSPS) is 36.3. The molecule has 0 aromatic heterocycles. The zero-order valence-electron chi connectivity index (χ0n) is 26.7. The smallest absolute Gasteiger partial charge is 0.706 e. The number of unbranched alkanes of at least 4 members (excludes halogenated alkanes) is 1. The molecule has 8 bridgehead atoms. The van der Waals surface area contributed by atoms with Crippen LogP contribution in [0, 0.1) is 41.6 Å². The molecule has 2 aromatic rings. The van der Waals surface area contributed by atoms with Crippen molar-refractivity contribution in [1.29, 1.82) is 0 Å². The van der Waals surface area contributed by atoms with Crippen LogP contribution >= 0.6 is 7.92 Å². The van der Waals surface area contributed by atoms with Crippen molar-refractivity contribution in [2.45, 2.75) is 107 Å². The third-order valence-electron chi connectivity index (χ3n) is 12.1. The van der Waals surface area contributed by atoms with Crippen LogP contribution in [0.25, 0.3) is 16.9 Å². The molecule has 0 saturated heterocycles. The predicted octanol–water partition coefficient (Wildman–Crippen LogP) is 10.3. The molecule has 7 heteroatoms. The molecule has 0 amide bonds. The van der Waals surface area contributed by atoms with Crippen LogP contribution < -0.4 is 0 Å². The van der Waals surface area contributed by atoms with E-state index in [0.717, 1.165) is 21.4 Å². The second-order valence-electron chi connectivity index (χ2n) is 15.5. The van der Waals surface area contributed by atoms with Crippen LogP contribution in [0.5, 0.6) is 0 Å². The van der Waals surface area contributed by atoms with Crippen LogP contribution in [0.15, 0.2) is 48.5 Å². The molecule has 0 heterocycles. The number of rotatable bonds is 6. The molecule has 8 aliphatic carbocycles. The van der Waals surface area contributed by atoms with Crippen molar-refractivity contribution in [2.24, 2.45) is 35.5 Å². The molecular formula is C37H53NO3PPdS+.